The van der Waals surface area contributed by atoms with Gasteiger partial charge in [0.15, 0.2) is 0 Å². The SMILES string of the molecule is CC(=O)Oc1nc(C2(C(=O)OC(C)(C)C)CC2)oc1N. The summed E-state index contributed by atoms with van der Waals surface area (Å²) in [6.45, 7) is 6.59. The zero-order chi connectivity index (χ0) is 15.1. The van der Waals surface area contributed by atoms with Gasteiger partial charge in [-0.2, -0.15) is 4.98 Å². The number of hydrogen-bond donors (Lipinski definition) is 1. The topological polar surface area (TPSA) is 105 Å². The zero-order valence-electron chi connectivity index (χ0n) is 12.0. The lowest BCUT2D eigenvalue weighted by atomic mass is 10.1. The van der Waals surface area contributed by atoms with Crippen molar-refractivity contribution in [3.05, 3.63) is 5.89 Å². The second kappa shape index (κ2) is 4.50. The van der Waals surface area contributed by atoms with Crippen molar-refractivity contribution in [2.75, 3.05) is 5.73 Å². The minimum atomic E-state index is -0.903. The molecule has 0 aromatic carbocycles. The standard InChI is InChI=1S/C13H18N2O5/c1-7(16)18-9-8(14)19-10(15-9)13(5-6-13)11(17)20-12(2,3)4/h5-6,14H2,1-4H3. The Morgan fingerprint density at radius 2 is 1.95 bits per heavy atom. The van der Waals surface area contributed by atoms with E-state index >= 15 is 0 Å². The monoisotopic (exact) mass is 282 g/mol. The Balaban J connectivity index is 2.23. The molecule has 0 aliphatic heterocycles. The number of carbonyl (C=O) groups excluding carboxylic acids is 2. The highest BCUT2D eigenvalue weighted by Crippen LogP contribution is 2.50. The van der Waals surface area contributed by atoms with E-state index in [4.69, 9.17) is 19.6 Å². The third-order valence-electron chi connectivity index (χ3n) is 2.81. The van der Waals surface area contributed by atoms with Crippen molar-refractivity contribution >= 4 is 17.8 Å². The Hall–Kier alpha value is -2.05. The first-order valence-corrected chi connectivity index (χ1v) is 6.33. The van der Waals surface area contributed by atoms with Crippen LogP contribution in [0.25, 0.3) is 0 Å². The molecule has 0 unspecified atom stereocenters. The maximum Gasteiger partial charge on any atom is 0.322 e. The highest BCUT2D eigenvalue weighted by atomic mass is 16.6. The van der Waals surface area contributed by atoms with E-state index in [1.165, 1.54) is 6.92 Å². The molecule has 0 amide bonds. The largest absolute Gasteiger partial charge is 0.459 e. The smallest absolute Gasteiger partial charge is 0.322 e. The number of nitrogens with two attached hydrogens (primary N) is 1. The highest BCUT2D eigenvalue weighted by Gasteiger charge is 2.58. The molecule has 110 valence electrons. The molecule has 2 N–H and O–H groups in total. The Morgan fingerprint density at radius 1 is 1.35 bits per heavy atom. The molecular formula is C13H18N2O5. The van der Waals surface area contributed by atoms with Gasteiger partial charge in [0.2, 0.25) is 5.89 Å². The number of rotatable bonds is 3. The normalized spacial score (nSPS) is 16.6. The Labute approximate surface area is 116 Å². The van der Waals surface area contributed by atoms with Crippen LogP contribution in [-0.2, 0) is 19.7 Å². The molecule has 20 heavy (non-hydrogen) atoms. The summed E-state index contributed by atoms with van der Waals surface area (Å²) < 4.78 is 15.4. The number of nitrogens with zero attached hydrogens (tertiary/aromatic N) is 1. The van der Waals surface area contributed by atoms with Crippen LogP contribution in [0.5, 0.6) is 5.88 Å². The van der Waals surface area contributed by atoms with Gasteiger partial charge in [-0.25, -0.2) is 0 Å². The third kappa shape index (κ3) is 2.76. The lowest BCUT2D eigenvalue weighted by Crippen LogP contribution is -2.32. The predicted molar refractivity (Wildman–Crippen MR) is 69.0 cm³/mol. The van der Waals surface area contributed by atoms with Crippen molar-refractivity contribution in [2.24, 2.45) is 0 Å². The number of oxazole rings is 1. The van der Waals surface area contributed by atoms with Crippen molar-refractivity contribution in [3.63, 3.8) is 0 Å². The Bertz CT molecular complexity index is 552. The van der Waals surface area contributed by atoms with E-state index in [9.17, 15) is 9.59 Å². The molecule has 7 heteroatoms. The summed E-state index contributed by atoms with van der Waals surface area (Å²) in [5.74, 6) is -1.05. The fourth-order valence-electron chi connectivity index (χ4n) is 1.74. The van der Waals surface area contributed by atoms with Gasteiger partial charge in [0, 0.05) is 6.92 Å². The Kier molecular flexibility index (Phi) is 3.23. The van der Waals surface area contributed by atoms with Gasteiger partial charge in [-0.3, -0.25) is 9.59 Å². The van der Waals surface area contributed by atoms with Crippen LogP contribution in [0.4, 0.5) is 5.88 Å². The van der Waals surface area contributed by atoms with E-state index in [0.717, 1.165) is 0 Å². The molecule has 1 aliphatic carbocycles. The maximum absolute atomic E-state index is 12.2. The minimum absolute atomic E-state index is 0.109. The summed E-state index contributed by atoms with van der Waals surface area (Å²) in [6, 6.07) is 0. The number of aromatic nitrogens is 1. The first-order valence-electron chi connectivity index (χ1n) is 6.33. The molecule has 0 radical (unpaired) electrons. The van der Waals surface area contributed by atoms with E-state index in [1.54, 1.807) is 20.8 Å². The van der Waals surface area contributed by atoms with Gasteiger partial charge in [0.25, 0.3) is 11.8 Å². The van der Waals surface area contributed by atoms with E-state index < -0.39 is 23.0 Å². The van der Waals surface area contributed by atoms with Crippen LogP contribution in [-0.4, -0.2) is 22.5 Å². The summed E-state index contributed by atoms with van der Waals surface area (Å²) in [6.07, 6.45) is 1.14. The van der Waals surface area contributed by atoms with Crippen LogP contribution in [0.3, 0.4) is 0 Å². The summed E-state index contributed by atoms with van der Waals surface area (Å²) in [7, 11) is 0. The van der Waals surface area contributed by atoms with Crippen LogP contribution in [0, 0.1) is 0 Å². The summed E-state index contributed by atoms with van der Waals surface area (Å²) >= 11 is 0. The third-order valence-corrected chi connectivity index (χ3v) is 2.81. The molecule has 0 saturated heterocycles. The van der Waals surface area contributed by atoms with Gasteiger partial charge >= 0.3 is 11.9 Å². The molecule has 1 aliphatic rings. The number of esters is 2. The van der Waals surface area contributed by atoms with Crippen LogP contribution < -0.4 is 10.5 Å². The zero-order valence-corrected chi connectivity index (χ0v) is 12.0. The first kappa shape index (κ1) is 14.4. The van der Waals surface area contributed by atoms with Crippen molar-refractivity contribution in [2.45, 2.75) is 51.6 Å². The van der Waals surface area contributed by atoms with Gasteiger partial charge in [0.1, 0.15) is 11.0 Å². The van der Waals surface area contributed by atoms with Crippen molar-refractivity contribution in [1.29, 1.82) is 0 Å². The predicted octanol–water partition coefficient (Wildman–Crippen LogP) is 1.56. The second-order valence-electron chi connectivity index (χ2n) is 5.87. The molecule has 1 heterocycles. The quantitative estimate of drug-likeness (QED) is 0.838. The molecule has 1 aromatic rings. The van der Waals surface area contributed by atoms with Gasteiger partial charge < -0.3 is 19.6 Å². The summed E-state index contributed by atoms with van der Waals surface area (Å²) in [5, 5.41) is 0. The molecule has 0 atom stereocenters. The fourth-order valence-corrected chi connectivity index (χ4v) is 1.74. The van der Waals surface area contributed by atoms with Crippen molar-refractivity contribution < 1.29 is 23.5 Å². The number of anilines is 1. The van der Waals surface area contributed by atoms with Gasteiger partial charge in [-0.1, -0.05) is 0 Å². The maximum atomic E-state index is 12.2. The van der Waals surface area contributed by atoms with Crippen LogP contribution >= 0.6 is 0 Å². The van der Waals surface area contributed by atoms with E-state index in [-0.39, 0.29) is 17.7 Å². The fraction of sp³-hybridized carbons (Fsp3) is 0.615. The lowest BCUT2D eigenvalue weighted by Gasteiger charge is -2.22. The van der Waals surface area contributed by atoms with E-state index in [0.29, 0.717) is 12.8 Å². The average Bonchev–Trinajstić information content (AvgIpc) is 2.98. The highest BCUT2D eigenvalue weighted by molar-refractivity contribution is 5.85. The second-order valence-corrected chi connectivity index (χ2v) is 5.87. The summed E-state index contributed by atoms with van der Waals surface area (Å²) in [4.78, 5) is 27.1. The number of ether oxygens (including phenoxy) is 2. The Morgan fingerprint density at radius 3 is 2.40 bits per heavy atom. The molecule has 2 rings (SSSR count). The van der Waals surface area contributed by atoms with Crippen LogP contribution in [0.15, 0.2) is 4.42 Å². The molecule has 0 bridgehead atoms. The number of carbonyl (C=O) groups is 2. The van der Waals surface area contributed by atoms with E-state index in [1.807, 2.05) is 0 Å². The van der Waals surface area contributed by atoms with Crippen LogP contribution in [0.1, 0.15) is 46.4 Å². The molecule has 7 nitrogen and oxygen atoms in total. The van der Waals surface area contributed by atoms with Crippen molar-refractivity contribution in [1.82, 2.24) is 4.98 Å². The van der Waals surface area contributed by atoms with Crippen LogP contribution in [0.2, 0.25) is 0 Å². The minimum Gasteiger partial charge on any atom is -0.459 e. The number of nitrogen functional groups attached to an aromatic ring is 1. The van der Waals surface area contributed by atoms with Crippen molar-refractivity contribution in [3.8, 4) is 5.88 Å². The first-order chi connectivity index (χ1) is 9.14. The lowest BCUT2D eigenvalue weighted by molar-refractivity contribution is -0.158. The number of hydrogen-bond acceptors (Lipinski definition) is 7. The molecule has 1 fully saturated rings. The van der Waals surface area contributed by atoms with Gasteiger partial charge in [-0.05, 0) is 33.6 Å². The molecule has 1 saturated carbocycles. The molecule has 0 spiro atoms. The summed E-state index contributed by atoms with van der Waals surface area (Å²) in [5.41, 5.74) is 4.09. The molecular weight excluding hydrogens is 264 g/mol. The molecule has 1 aromatic heterocycles. The average molecular weight is 282 g/mol. The van der Waals surface area contributed by atoms with Gasteiger partial charge in [0.05, 0.1) is 0 Å². The van der Waals surface area contributed by atoms with Gasteiger partial charge in [-0.15, -0.1) is 0 Å². The van der Waals surface area contributed by atoms with E-state index in [2.05, 4.69) is 4.98 Å².